The first-order chi connectivity index (χ1) is 15.3. The van der Waals surface area contributed by atoms with E-state index in [4.69, 9.17) is 9.47 Å². The molecule has 1 heterocycles. The third-order valence-corrected chi connectivity index (χ3v) is 5.55. The molecule has 0 aliphatic rings. The van der Waals surface area contributed by atoms with E-state index in [1.165, 1.54) is 70.6 Å². The summed E-state index contributed by atoms with van der Waals surface area (Å²) in [5, 5.41) is 8.52. The zero-order valence-electron chi connectivity index (χ0n) is 19.8. The van der Waals surface area contributed by atoms with Crippen LogP contribution < -0.4 is 9.47 Å². The number of ether oxygens (including phenoxy) is 2. The van der Waals surface area contributed by atoms with Gasteiger partial charge in [-0.1, -0.05) is 84.5 Å². The van der Waals surface area contributed by atoms with Crippen LogP contribution in [-0.2, 0) is 0 Å². The summed E-state index contributed by atoms with van der Waals surface area (Å²) in [5.41, 5.74) is 1.89. The standard InChI is InChI=1S/C27H42N2O2/c1-3-5-7-9-10-11-13-14-22-30-25-18-16-24(17-19-25)26-20-21-27(29-28-26)31-23-15-12-8-6-4-2/h16-21H,3-15,22-23H2,1-2H3. The van der Waals surface area contributed by atoms with Gasteiger partial charge in [0.25, 0.3) is 0 Å². The minimum Gasteiger partial charge on any atom is -0.494 e. The normalized spacial score (nSPS) is 10.9. The van der Waals surface area contributed by atoms with Crippen molar-refractivity contribution < 1.29 is 9.47 Å². The molecule has 172 valence electrons. The van der Waals surface area contributed by atoms with Gasteiger partial charge in [0.1, 0.15) is 5.75 Å². The van der Waals surface area contributed by atoms with Gasteiger partial charge < -0.3 is 9.47 Å². The van der Waals surface area contributed by atoms with Crippen LogP contribution in [-0.4, -0.2) is 23.4 Å². The molecule has 0 bridgehead atoms. The maximum Gasteiger partial charge on any atom is 0.233 e. The monoisotopic (exact) mass is 426 g/mol. The molecule has 0 fully saturated rings. The number of hydrogen-bond acceptors (Lipinski definition) is 4. The first kappa shape index (κ1) is 25.2. The lowest BCUT2D eigenvalue weighted by atomic mass is 10.1. The van der Waals surface area contributed by atoms with Crippen LogP contribution >= 0.6 is 0 Å². The highest BCUT2D eigenvalue weighted by Crippen LogP contribution is 2.21. The van der Waals surface area contributed by atoms with E-state index >= 15 is 0 Å². The molecule has 0 amide bonds. The van der Waals surface area contributed by atoms with E-state index in [1.807, 2.05) is 36.4 Å². The predicted molar refractivity (Wildman–Crippen MR) is 130 cm³/mol. The summed E-state index contributed by atoms with van der Waals surface area (Å²) in [6.45, 7) is 5.99. The fraction of sp³-hybridized carbons (Fsp3) is 0.630. The maximum atomic E-state index is 5.88. The Morgan fingerprint density at radius 1 is 0.548 bits per heavy atom. The molecule has 2 aromatic rings. The van der Waals surface area contributed by atoms with Crippen LogP contribution in [0.25, 0.3) is 11.3 Å². The first-order valence-electron chi connectivity index (χ1n) is 12.5. The van der Waals surface area contributed by atoms with Crippen molar-refractivity contribution in [3.63, 3.8) is 0 Å². The van der Waals surface area contributed by atoms with Crippen molar-refractivity contribution in [2.24, 2.45) is 0 Å². The van der Waals surface area contributed by atoms with Gasteiger partial charge in [0.05, 0.1) is 18.9 Å². The van der Waals surface area contributed by atoms with E-state index in [1.54, 1.807) is 0 Å². The maximum absolute atomic E-state index is 5.88. The highest BCUT2D eigenvalue weighted by atomic mass is 16.5. The molecule has 0 saturated carbocycles. The molecule has 4 nitrogen and oxygen atoms in total. The summed E-state index contributed by atoms with van der Waals surface area (Å²) in [4.78, 5) is 0. The van der Waals surface area contributed by atoms with Crippen LogP contribution in [0.3, 0.4) is 0 Å². The van der Waals surface area contributed by atoms with Gasteiger partial charge in [-0.25, -0.2) is 0 Å². The second-order valence-electron chi connectivity index (χ2n) is 8.37. The molecule has 31 heavy (non-hydrogen) atoms. The largest absolute Gasteiger partial charge is 0.494 e. The molecule has 0 unspecified atom stereocenters. The lowest BCUT2D eigenvalue weighted by molar-refractivity contribution is 0.290. The van der Waals surface area contributed by atoms with E-state index in [2.05, 4.69) is 24.0 Å². The highest BCUT2D eigenvalue weighted by Gasteiger charge is 2.03. The Labute approximate surface area is 189 Å². The number of unbranched alkanes of at least 4 members (excludes halogenated alkanes) is 11. The number of hydrogen-bond donors (Lipinski definition) is 0. The second-order valence-corrected chi connectivity index (χ2v) is 8.37. The average molecular weight is 427 g/mol. The molecule has 0 aliphatic carbocycles. The van der Waals surface area contributed by atoms with Crippen molar-refractivity contribution in [1.82, 2.24) is 10.2 Å². The second kappa shape index (κ2) is 16.6. The van der Waals surface area contributed by atoms with Crippen LogP contribution in [0.1, 0.15) is 97.3 Å². The fourth-order valence-corrected chi connectivity index (χ4v) is 3.58. The topological polar surface area (TPSA) is 44.2 Å². The molecule has 4 heteroatoms. The van der Waals surface area contributed by atoms with Gasteiger partial charge in [-0.3, -0.25) is 0 Å². The molecule has 0 radical (unpaired) electrons. The van der Waals surface area contributed by atoms with Crippen molar-refractivity contribution >= 4 is 0 Å². The van der Waals surface area contributed by atoms with Crippen molar-refractivity contribution in [1.29, 1.82) is 0 Å². The van der Waals surface area contributed by atoms with Gasteiger partial charge in [-0.2, -0.15) is 0 Å². The summed E-state index contributed by atoms with van der Waals surface area (Å²) in [6, 6.07) is 12.0. The lowest BCUT2D eigenvalue weighted by Crippen LogP contribution is -2.00. The zero-order valence-corrected chi connectivity index (χ0v) is 19.8. The Morgan fingerprint density at radius 3 is 1.65 bits per heavy atom. The summed E-state index contributed by atoms with van der Waals surface area (Å²) >= 11 is 0. The minimum absolute atomic E-state index is 0.601. The fourth-order valence-electron chi connectivity index (χ4n) is 3.58. The van der Waals surface area contributed by atoms with Gasteiger partial charge in [-0.15, -0.1) is 10.2 Å². The zero-order chi connectivity index (χ0) is 22.0. The first-order valence-corrected chi connectivity index (χ1v) is 12.5. The Hall–Kier alpha value is -2.10. The quantitative estimate of drug-likeness (QED) is 0.226. The Balaban J connectivity index is 1.62. The van der Waals surface area contributed by atoms with E-state index in [0.717, 1.165) is 36.5 Å². The van der Waals surface area contributed by atoms with Gasteiger partial charge in [0, 0.05) is 11.6 Å². The number of aromatic nitrogens is 2. The average Bonchev–Trinajstić information content (AvgIpc) is 2.81. The summed E-state index contributed by atoms with van der Waals surface area (Å²) in [6.07, 6.45) is 16.7. The molecule has 0 spiro atoms. The summed E-state index contributed by atoms with van der Waals surface area (Å²) < 4.78 is 11.6. The van der Waals surface area contributed by atoms with Gasteiger partial charge in [0.15, 0.2) is 0 Å². The van der Waals surface area contributed by atoms with E-state index in [-0.39, 0.29) is 0 Å². The third kappa shape index (κ3) is 11.2. The smallest absolute Gasteiger partial charge is 0.233 e. The highest BCUT2D eigenvalue weighted by molar-refractivity contribution is 5.59. The van der Waals surface area contributed by atoms with Gasteiger partial charge in [-0.05, 0) is 43.2 Å². The third-order valence-electron chi connectivity index (χ3n) is 5.55. The number of nitrogens with zero attached hydrogens (tertiary/aromatic N) is 2. The molecular weight excluding hydrogens is 384 g/mol. The Bertz CT molecular complexity index is 671. The van der Waals surface area contributed by atoms with Crippen LogP contribution in [0, 0.1) is 0 Å². The van der Waals surface area contributed by atoms with Crippen molar-refractivity contribution in [2.75, 3.05) is 13.2 Å². The van der Waals surface area contributed by atoms with Crippen LogP contribution in [0.5, 0.6) is 11.6 Å². The minimum atomic E-state index is 0.601. The van der Waals surface area contributed by atoms with Crippen LogP contribution in [0.15, 0.2) is 36.4 Å². The molecular formula is C27H42N2O2. The van der Waals surface area contributed by atoms with Crippen molar-refractivity contribution in [3.05, 3.63) is 36.4 Å². The van der Waals surface area contributed by atoms with Crippen LogP contribution in [0.4, 0.5) is 0 Å². The van der Waals surface area contributed by atoms with Crippen LogP contribution in [0.2, 0.25) is 0 Å². The molecule has 0 atom stereocenters. The predicted octanol–water partition coefficient (Wildman–Crippen LogP) is 8.01. The van der Waals surface area contributed by atoms with Crippen molar-refractivity contribution in [2.45, 2.75) is 97.3 Å². The van der Waals surface area contributed by atoms with Gasteiger partial charge in [0.2, 0.25) is 5.88 Å². The molecule has 0 aliphatic heterocycles. The Morgan fingerprint density at radius 2 is 1.10 bits per heavy atom. The van der Waals surface area contributed by atoms with E-state index in [9.17, 15) is 0 Å². The van der Waals surface area contributed by atoms with E-state index in [0.29, 0.717) is 12.5 Å². The Kier molecular flexibility index (Phi) is 13.5. The number of rotatable bonds is 18. The summed E-state index contributed by atoms with van der Waals surface area (Å²) in [7, 11) is 0. The SMILES string of the molecule is CCCCCCCCCCOc1ccc(-c2ccc(OCCCCCCC)nn2)cc1. The van der Waals surface area contributed by atoms with Crippen molar-refractivity contribution in [3.8, 4) is 22.9 Å². The molecule has 1 aromatic heterocycles. The molecule has 2 rings (SSSR count). The molecule has 1 aromatic carbocycles. The molecule has 0 saturated heterocycles. The molecule has 0 N–H and O–H groups in total. The lowest BCUT2D eigenvalue weighted by Gasteiger charge is -2.08. The number of benzene rings is 1. The van der Waals surface area contributed by atoms with E-state index < -0.39 is 0 Å². The van der Waals surface area contributed by atoms with Gasteiger partial charge >= 0.3 is 0 Å². The summed E-state index contributed by atoms with van der Waals surface area (Å²) in [5.74, 6) is 1.52.